The Labute approximate surface area is 166 Å². The molecule has 0 atom stereocenters. The van der Waals surface area contributed by atoms with Gasteiger partial charge in [0.05, 0.1) is 5.56 Å². The zero-order valence-electron chi connectivity index (χ0n) is 15.8. The number of benzene rings is 2. The maximum atomic E-state index is 13.2. The summed E-state index contributed by atoms with van der Waals surface area (Å²) in [7, 11) is 1.49. The Morgan fingerprint density at radius 1 is 1.00 bits per heavy atom. The first-order chi connectivity index (χ1) is 13.8. The molecule has 0 spiro atoms. The predicted octanol–water partition coefficient (Wildman–Crippen LogP) is 3.33. The van der Waals surface area contributed by atoms with Crippen molar-refractivity contribution < 1.29 is 22.4 Å². The molecule has 0 aliphatic rings. The fraction of sp³-hybridized carbons (Fsp3) is 0.300. The summed E-state index contributed by atoms with van der Waals surface area (Å²) in [6.07, 6.45) is -4.06. The van der Waals surface area contributed by atoms with E-state index in [1.54, 1.807) is 24.3 Å². The maximum Gasteiger partial charge on any atom is 0.416 e. The van der Waals surface area contributed by atoms with Gasteiger partial charge in [-0.05, 0) is 36.2 Å². The summed E-state index contributed by atoms with van der Waals surface area (Å²) in [6, 6.07) is 11.4. The molecular formula is C20H22F4N4O. The SMILES string of the molecule is CN=C(NCCCNC(=O)c1ccccc1)NCc1ccc(F)cc1C(F)(F)F. The summed E-state index contributed by atoms with van der Waals surface area (Å²) in [6.45, 7) is 0.706. The van der Waals surface area contributed by atoms with Crippen LogP contribution in [0, 0.1) is 5.82 Å². The van der Waals surface area contributed by atoms with E-state index in [0.717, 1.165) is 12.1 Å². The average Bonchev–Trinajstić information content (AvgIpc) is 2.70. The maximum absolute atomic E-state index is 13.2. The lowest BCUT2D eigenvalue weighted by atomic mass is 10.1. The van der Waals surface area contributed by atoms with Gasteiger partial charge in [-0.15, -0.1) is 0 Å². The van der Waals surface area contributed by atoms with Gasteiger partial charge in [-0.3, -0.25) is 9.79 Å². The summed E-state index contributed by atoms with van der Waals surface area (Å²) in [5, 5.41) is 8.51. The number of hydrogen-bond donors (Lipinski definition) is 3. The minimum absolute atomic E-state index is 0.0861. The standard InChI is InChI=1S/C20H22F4N4O/c1-25-19(27-11-5-10-26-18(29)14-6-3-2-4-7-14)28-13-15-8-9-16(21)12-17(15)20(22,23)24/h2-4,6-9,12H,5,10-11,13H2,1H3,(H,26,29)(H2,25,27,28). The zero-order valence-corrected chi connectivity index (χ0v) is 15.8. The Bertz CT molecular complexity index is 838. The van der Waals surface area contributed by atoms with Gasteiger partial charge >= 0.3 is 6.18 Å². The van der Waals surface area contributed by atoms with Crippen molar-refractivity contribution in [2.75, 3.05) is 20.1 Å². The van der Waals surface area contributed by atoms with Crippen LogP contribution >= 0.6 is 0 Å². The third kappa shape index (κ3) is 7.10. The highest BCUT2D eigenvalue weighted by molar-refractivity contribution is 5.94. The molecule has 0 heterocycles. The van der Waals surface area contributed by atoms with Crippen LogP contribution < -0.4 is 16.0 Å². The first-order valence-electron chi connectivity index (χ1n) is 8.94. The fourth-order valence-electron chi connectivity index (χ4n) is 2.55. The number of carbonyl (C=O) groups excluding carboxylic acids is 1. The smallest absolute Gasteiger partial charge is 0.356 e. The van der Waals surface area contributed by atoms with E-state index in [1.807, 2.05) is 6.07 Å². The highest BCUT2D eigenvalue weighted by Gasteiger charge is 2.33. The molecule has 0 saturated carbocycles. The van der Waals surface area contributed by atoms with E-state index in [1.165, 1.54) is 7.05 Å². The van der Waals surface area contributed by atoms with Gasteiger partial charge in [0.2, 0.25) is 0 Å². The largest absolute Gasteiger partial charge is 0.416 e. The lowest BCUT2D eigenvalue weighted by Gasteiger charge is -2.16. The topological polar surface area (TPSA) is 65.5 Å². The van der Waals surface area contributed by atoms with Gasteiger partial charge in [-0.1, -0.05) is 24.3 Å². The molecule has 0 aliphatic carbocycles. The van der Waals surface area contributed by atoms with Gasteiger partial charge < -0.3 is 16.0 Å². The molecule has 9 heteroatoms. The molecule has 2 aromatic rings. The molecule has 0 fully saturated rings. The van der Waals surface area contributed by atoms with Crippen molar-refractivity contribution in [1.29, 1.82) is 0 Å². The minimum atomic E-state index is -4.65. The molecule has 0 unspecified atom stereocenters. The molecule has 0 aliphatic heterocycles. The second-order valence-corrected chi connectivity index (χ2v) is 6.13. The monoisotopic (exact) mass is 410 g/mol. The van der Waals surface area contributed by atoms with E-state index in [-0.39, 0.29) is 18.0 Å². The van der Waals surface area contributed by atoms with Crippen molar-refractivity contribution in [3.63, 3.8) is 0 Å². The Morgan fingerprint density at radius 3 is 2.34 bits per heavy atom. The van der Waals surface area contributed by atoms with Gasteiger partial charge in [0.1, 0.15) is 5.82 Å². The van der Waals surface area contributed by atoms with Gasteiger partial charge in [0.15, 0.2) is 5.96 Å². The van der Waals surface area contributed by atoms with E-state index >= 15 is 0 Å². The fourth-order valence-corrected chi connectivity index (χ4v) is 2.55. The summed E-state index contributed by atoms with van der Waals surface area (Å²) in [5.41, 5.74) is -0.543. The number of guanidine groups is 1. The number of nitrogens with one attached hydrogen (secondary N) is 3. The van der Waals surface area contributed by atoms with Crippen LogP contribution in [0.3, 0.4) is 0 Å². The number of rotatable bonds is 7. The van der Waals surface area contributed by atoms with Crippen LogP contribution in [-0.4, -0.2) is 32.0 Å². The van der Waals surface area contributed by atoms with Crippen LogP contribution in [0.1, 0.15) is 27.9 Å². The second kappa shape index (κ2) is 10.4. The van der Waals surface area contributed by atoms with Crippen molar-refractivity contribution in [3.8, 4) is 0 Å². The highest BCUT2D eigenvalue weighted by Crippen LogP contribution is 2.32. The molecule has 0 aromatic heterocycles. The number of aliphatic imine (C=N–C) groups is 1. The third-order valence-corrected chi connectivity index (χ3v) is 4.01. The molecule has 0 saturated heterocycles. The van der Waals surface area contributed by atoms with Crippen LogP contribution in [0.25, 0.3) is 0 Å². The van der Waals surface area contributed by atoms with E-state index in [4.69, 9.17) is 0 Å². The molecule has 2 aromatic carbocycles. The first kappa shape index (κ1) is 22.2. The molecule has 156 valence electrons. The Kier molecular flexibility index (Phi) is 7.99. The van der Waals surface area contributed by atoms with Crippen molar-refractivity contribution in [2.24, 2.45) is 4.99 Å². The normalized spacial score (nSPS) is 11.8. The second-order valence-electron chi connectivity index (χ2n) is 6.13. The van der Waals surface area contributed by atoms with Crippen LogP contribution in [0.4, 0.5) is 17.6 Å². The van der Waals surface area contributed by atoms with Crippen LogP contribution in [0.5, 0.6) is 0 Å². The van der Waals surface area contributed by atoms with Gasteiger partial charge in [0.25, 0.3) is 5.91 Å². The quantitative estimate of drug-likeness (QED) is 0.284. The first-order valence-corrected chi connectivity index (χ1v) is 8.94. The van der Waals surface area contributed by atoms with E-state index in [2.05, 4.69) is 20.9 Å². The summed E-state index contributed by atoms with van der Waals surface area (Å²) in [5.74, 6) is -0.818. The Morgan fingerprint density at radius 2 is 1.69 bits per heavy atom. The average molecular weight is 410 g/mol. The summed E-state index contributed by atoms with van der Waals surface area (Å²) in [4.78, 5) is 15.9. The predicted molar refractivity (Wildman–Crippen MR) is 103 cm³/mol. The van der Waals surface area contributed by atoms with Gasteiger partial charge in [-0.2, -0.15) is 13.2 Å². The number of alkyl halides is 3. The van der Waals surface area contributed by atoms with Crippen molar-refractivity contribution in [2.45, 2.75) is 19.1 Å². The third-order valence-electron chi connectivity index (χ3n) is 4.01. The van der Waals surface area contributed by atoms with Crippen molar-refractivity contribution in [3.05, 3.63) is 71.0 Å². The lowest BCUT2D eigenvalue weighted by molar-refractivity contribution is -0.138. The van der Waals surface area contributed by atoms with Crippen LogP contribution in [0.15, 0.2) is 53.5 Å². The molecule has 29 heavy (non-hydrogen) atoms. The van der Waals surface area contributed by atoms with E-state index in [9.17, 15) is 22.4 Å². The number of amides is 1. The van der Waals surface area contributed by atoms with Gasteiger partial charge in [0, 0.05) is 32.2 Å². The molecule has 3 N–H and O–H groups in total. The van der Waals surface area contributed by atoms with E-state index in [0.29, 0.717) is 37.1 Å². The summed E-state index contributed by atoms with van der Waals surface area (Å²) >= 11 is 0. The number of hydrogen-bond acceptors (Lipinski definition) is 2. The molecule has 0 bridgehead atoms. The van der Waals surface area contributed by atoms with Gasteiger partial charge in [-0.25, -0.2) is 4.39 Å². The lowest BCUT2D eigenvalue weighted by Crippen LogP contribution is -2.38. The molecule has 1 amide bonds. The molecule has 2 rings (SSSR count). The zero-order chi connectivity index (χ0) is 21.3. The summed E-state index contributed by atoms with van der Waals surface area (Å²) < 4.78 is 52.3. The van der Waals surface area contributed by atoms with E-state index < -0.39 is 17.6 Å². The highest BCUT2D eigenvalue weighted by atomic mass is 19.4. The molecule has 0 radical (unpaired) electrons. The number of nitrogens with zero attached hydrogens (tertiary/aromatic N) is 1. The van der Waals surface area contributed by atoms with Crippen LogP contribution in [-0.2, 0) is 12.7 Å². The Balaban J connectivity index is 1.77. The van der Waals surface area contributed by atoms with Crippen molar-refractivity contribution in [1.82, 2.24) is 16.0 Å². The molecule has 5 nitrogen and oxygen atoms in total. The van der Waals surface area contributed by atoms with Crippen molar-refractivity contribution >= 4 is 11.9 Å². The number of carbonyl (C=O) groups is 1. The molecular weight excluding hydrogens is 388 g/mol. The number of halogens is 4. The minimum Gasteiger partial charge on any atom is -0.356 e. The van der Waals surface area contributed by atoms with Crippen LogP contribution in [0.2, 0.25) is 0 Å². The Hall–Kier alpha value is -3.10.